The first-order chi connectivity index (χ1) is 8.58. The van der Waals surface area contributed by atoms with E-state index < -0.39 is 0 Å². The molecule has 0 fully saturated rings. The van der Waals surface area contributed by atoms with Gasteiger partial charge in [-0.15, -0.1) is 0 Å². The second-order valence-electron chi connectivity index (χ2n) is 4.64. The molecule has 0 saturated carbocycles. The molecular weight excluding hydrogens is 339 g/mol. The highest BCUT2D eigenvalue weighted by atomic mass is 127. The first-order valence-electron chi connectivity index (χ1n) is 5.91. The quantitative estimate of drug-likeness (QED) is 0.852. The predicted molar refractivity (Wildman–Crippen MR) is 82.5 cm³/mol. The Labute approximate surface area is 120 Å². The van der Waals surface area contributed by atoms with Gasteiger partial charge in [0.15, 0.2) is 0 Å². The number of fused-ring (bicyclic) bond motifs is 1. The van der Waals surface area contributed by atoms with Gasteiger partial charge < -0.3 is 5.32 Å². The molecule has 1 N–H and O–H groups in total. The van der Waals surface area contributed by atoms with Crippen molar-refractivity contribution in [2.75, 3.05) is 5.32 Å². The van der Waals surface area contributed by atoms with E-state index in [0.29, 0.717) is 12.3 Å². The van der Waals surface area contributed by atoms with Crippen LogP contribution in [0.3, 0.4) is 0 Å². The van der Waals surface area contributed by atoms with Gasteiger partial charge in [0, 0.05) is 21.6 Å². The summed E-state index contributed by atoms with van der Waals surface area (Å²) in [7, 11) is 0. The Hall–Kier alpha value is -1.17. The predicted octanol–water partition coefficient (Wildman–Crippen LogP) is 3.82. The van der Waals surface area contributed by atoms with Crippen molar-refractivity contribution in [3.8, 4) is 0 Å². The summed E-state index contributed by atoms with van der Waals surface area (Å²) in [4.78, 5) is 16.2. The van der Waals surface area contributed by atoms with Gasteiger partial charge in [-0.2, -0.15) is 0 Å². The number of amides is 1. The third kappa shape index (κ3) is 2.98. The molecule has 1 aromatic carbocycles. The van der Waals surface area contributed by atoms with Crippen molar-refractivity contribution in [3.05, 3.63) is 34.0 Å². The van der Waals surface area contributed by atoms with E-state index in [4.69, 9.17) is 0 Å². The third-order valence-corrected chi connectivity index (χ3v) is 3.52. The molecule has 2 aromatic rings. The molecule has 0 radical (unpaired) electrons. The first kappa shape index (κ1) is 13.3. The van der Waals surface area contributed by atoms with E-state index in [1.54, 1.807) is 6.20 Å². The summed E-state index contributed by atoms with van der Waals surface area (Å²) in [6.07, 6.45) is 2.27. The van der Waals surface area contributed by atoms with E-state index in [2.05, 4.69) is 32.9 Å². The van der Waals surface area contributed by atoms with Gasteiger partial charge in [-0.05, 0) is 46.7 Å². The number of pyridine rings is 1. The number of anilines is 1. The van der Waals surface area contributed by atoms with E-state index in [-0.39, 0.29) is 5.91 Å². The molecule has 1 aromatic heterocycles. The van der Waals surface area contributed by atoms with Gasteiger partial charge in [0.1, 0.15) is 0 Å². The van der Waals surface area contributed by atoms with E-state index >= 15 is 0 Å². The average molecular weight is 354 g/mol. The Morgan fingerprint density at radius 3 is 2.89 bits per heavy atom. The van der Waals surface area contributed by atoms with Crippen molar-refractivity contribution >= 4 is 45.1 Å². The minimum absolute atomic E-state index is 0.0400. The fraction of sp³-hybridized carbons (Fsp3) is 0.286. The summed E-state index contributed by atoms with van der Waals surface area (Å²) in [6, 6.07) is 7.83. The van der Waals surface area contributed by atoms with Gasteiger partial charge >= 0.3 is 0 Å². The number of benzene rings is 1. The molecule has 0 saturated heterocycles. The molecule has 0 aliphatic carbocycles. The van der Waals surface area contributed by atoms with Crippen LogP contribution in [-0.4, -0.2) is 10.9 Å². The number of aromatic nitrogens is 1. The summed E-state index contributed by atoms with van der Waals surface area (Å²) < 4.78 is 1.14. The Morgan fingerprint density at radius 1 is 1.39 bits per heavy atom. The highest BCUT2D eigenvalue weighted by Crippen LogP contribution is 2.26. The van der Waals surface area contributed by atoms with Crippen molar-refractivity contribution in [2.45, 2.75) is 20.3 Å². The van der Waals surface area contributed by atoms with Crippen molar-refractivity contribution < 1.29 is 4.79 Å². The molecule has 0 atom stereocenters. The zero-order valence-electron chi connectivity index (χ0n) is 10.4. The normalized spacial score (nSPS) is 10.9. The van der Waals surface area contributed by atoms with E-state index in [0.717, 1.165) is 20.2 Å². The third-order valence-electron chi connectivity index (χ3n) is 2.58. The van der Waals surface area contributed by atoms with Crippen LogP contribution in [0.25, 0.3) is 10.9 Å². The zero-order chi connectivity index (χ0) is 13.1. The number of nitrogens with zero attached hydrogens (tertiary/aromatic N) is 1. The standard InChI is InChI=1S/C14H15IN2O/c1-9(2)8-13(18)17-12-6-5-11(15)10-4-3-7-16-14(10)12/h3-7,9H,8H2,1-2H3,(H,17,18). The van der Waals surface area contributed by atoms with Crippen molar-refractivity contribution in [1.82, 2.24) is 4.98 Å². The first-order valence-corrected chi connectivity index (χ1v) is 6.99. The maximum absolute atomic E-state index is 11.8. The van der Waals surface area contributed by atoms with Gasteiger partial charge in [0.2, 0.25) is 5.91 Å². The number of hydrogen-bond acceptors (Lipinski definition) is 2. The lowest BCUT2D eigenvalue weighted by Crippen LogP contribution is -2.14. The lowest BCUT2D eigenvalue weighted by molar-refractivity contribution is -0.116. The minimum atomic E-state index is 0.0400. The molecule has 0 aliphatic rings. The van der Waals surface area contributed by atoms with Crippen LogP contribution >= 0.6 is 22.6 Å². The van der Waals surface area contributed by atoms with Crippen molar-refractivity contribution in [3.63, 3.8) is 0 Å². The fourth-order valence-corrected chi connectivity index (χ4v) is 2.43. The van der Waals surface area contributed by atoms with Crippen LogP contribution in [-0.2, 0) is 4.79 Å². The molecule has 0 unspecified atom stereocenters. The number of rotatable bonds is 3. The van der Waals surface area contributed by atoms with Crippen LogP contribution in [0.2, 0.25) is 0 Å². The Morgan fingerprint density at radius 2 is 2.17 bits per heavy atom. The largest absolute Gasteiger partial charge is 0.324 e. The van der Waals surface area contributed by atoms with Crippen LogP contribution in [0.5, 0.6) is 0 Å². The Bertz CT molecular complexity index is 581. The lowest BCUT2D eigenvalue weighted by Gasteiger charge is -2.10. The SMILES string of the molecule is CC(C)CC(=O)Nc1ccc(I)c2cccnc12. The van der Waals surface area contributed by atoms with Crippen LogP contribution in [0.4, 0.5) is 5.69 Å². The van der Waals surface area contributed by atoms with E-state index in [9.17, 15) is 4.79 Å². The fourth-order valence-electron chi connectivity index (χ4n) is 1.81. The van der Waals surface area contributed by atoms with Crippen LogP contribution in [0.1, 0.15) is 20.3 Å². The number of carbonyl (C=O) groups excluding carboxylic acids is 1. The van der Waals surface area contributed by atoms with Gasteiger partial charge in [0.25, 0.3) is 0 Å². The Balaban J connectivity index is 2.34. The monoisotopic (exact) mass is 354 g/mol. The second-order valence-corrected chi connectivity index (χ2v) is 5.80. The summed E-state index contributed by atoms with van der Waals surface area (Å²) in [6.45, 7) is 4.06. The van der Waals surface area contributed by atoms with E-state index in [1.165, 1.54) is 0 Å². The maximum Gasteiger partial charge on any atom is 0.224 e. The number of hydrogen-bond donors (Lipinski definition) is 1. The summed E-state index contributed by atoms with van der Waals surface area (Å²) in [5.41, 5.74) is 1.64. The van der Waals surface area contributed by atoms with Gasteiger partial charge in [-0.1, -0.05) is 19.9 Å². The number of halogens is 1. The molecular formula is C14H15IN2O. The molecule has 1 amide bonds. The molecule has 3 nitrogen and oxygen atoms in total. The second kappa shape index (κ2) is 5.65. The molecule has 18 heavy (non-hydrogen) atoms. The zero-order valence-corrected chi connectivity index (χ0v) is 12.6. The van der Waals surface area contributed by atoms with E-state index in [1.807, 2.05) is 38.1 Å². The van der Waals surface area contributed by atoms with Gasteiger partial charge in [-0.3, -0.25) is 9.78 Å². The number of nitrogens with one attached hydrogen (secondary N) is 1. The summed E-state index contributed by atoms with van der Waals surface area (Å²) >= 11 is 2.28. The average Bonchev–Trinajstić information content (AvgIpc) is 2.32. The molecule has 1 heterocycles. The van der Waals surface area contributed by atoms with Crippen LogP contribution < -0.4 is 5.32 Å². The topological polar surface area (TPSA) is 42.0 Å². The smallest absolute Gasteiger partial charge is 0.224 e. The molecule has 0 bridgehead atoms. The van der Waals surface area contributed by atoms with Gasteiger partial charge in [-0.25, -0.2) is 0 Å². The molecule has 4 heteroatoms. The van der Waals surface area contributed by atoms with Gasteiger partial charge in [0.05, 0.1) is 11.2 Å². The van der Waals surface area contributed by atoms with Crippen molar-refractivity contribution in [1.29, 1.82) is 0 Å². The highest BCUT2D eigenvalue weighted by molar-refractivity contribution is 14.1. The van der Waals surface area contributed by atoms with Crippen LogP contribution in [0.15, 0.2) is 30.5 Å². The molecule has 0 spiro atoms. The minimum Gasteiger partial charge on any atom is -0.324 e. The van der Waals surface area contributed by atoms with Crippen molar-refractivity contribution in [2.24, 2.45) is 5.92 Å². The van der Waals surface area contributed by atoms with Crippen LogP contribution in [0, 0.1) is 9.49 Å². The summed E-state index contributed by atoms with van der Waals surface area (Å²) in [5, 5.41) is 4.01. The number of carbonyl (C=O) groups is 1. The highest BCUT2D eigenvalue weighted by Gasteiger charge is 2.09. The Kier molecular flexibility index (Phi) is 4.16. The summed E-state index contributed by atoms with van der Waals surface area (Å²) in [5.74, 6) is 0.395. The molecule has 2 rings (SSSR count). The molecule has 0 aliphatic heterocycles. The molecule has 94 valence electrons. The lowest BCUT2D eigenvalue weighted by atomic mass is 10.1. The maximum atomic E-state index is 11.8.